The lowest BCUT2D eigenvalue weighted by Gasteiger charge is -2.37. The zero-order chi connectivity index (χ0) is 11.5. The van der Waals surface area contributed by atoms with E-state index < -0.39 is 0 Å². The van der Waals surface area contributed by atoms with E-state index in [1.54, 1.807) is 0 Å². The second kappa shape index (κ2) is 4.27. The first-order chi connectivity index (χ1) is 8.24. The van der Waals surface area contributed by atoms with Crippen LogP contribution in [0.25, 0.3) is 0 Å². The highest BCUT2D eigenvalue weighted by molar-refractivity contribution is 5.85. The Morgan fingerprint density at radius 1 is 1.17 bits per heavy atom. The summed E-state index contributed by atoms with van der Waals surface area (Å²) in [7, 11) is 0. The van der Waals surface area contributed by atoms with Gasteiger partial charge in [-0.15, -0.1) is 12.4 Å². The van der Waals surface area contributed by atoms with Crippen molar-refractivity contribution in [3.05, 3.63) is 0 Å². The number of nitrogens with zero attached hydrogens (tertiary/aromatic N) is 1. The third kappa shape index (κ3) is 1.81. The first-order valence-electron chi connectivity index (χ1n) is 7.00. The summed E-state index contributed by atoms with van der Waals surface area (Å²) in [4.78, 5) is 14.0. The Morgan fingerprint density at radius 3 is 2.39 bits per heavy atom. The highest BCUT2D eigenvalue weighted by atomic mass is 35.5. The van der Waals surface area contributed by atoms with E-state index in [1.807, 2.05) is 4.90 Å². The van der Waals surface area contributed by atoms with Crippen LogP contribution in [-0.4, -0.2) is 41.3 Å². The zero-order valence-electron chi connectivity index (χ0n) is 10.6. The molecule has 0 aromatic carbocycles. The summed E-state index contributed by atoms with van der Waals surface area (Å²) in [5.41, 5.74) is -0.149. The predicted molar refractivity (Wildman–Crippen MR) is 70.0 cm³/mol. The number of piperidine rings is 1. The Labute approximate surface area is 114 Å². The molecule has 1 N–H and O–H groups in total. The van der Waals surface area contributed by atoms with Gasteiger partial charge in [-0.2, -0.15) is 0 Å². The van der Waals surface area contributed by atoms with Gasteiger partial charge in [0.2, 0.25) is 0 Å². The Hall–Kier alpha value is -0.480. The first-order valence-corrected chi connectivity index (χ1v) is 7.00. The van der Waals surface area contributed by atoms with Gasteiger partial charge in [0.15, 0.2) is 0 Å². The van der Waals surface area contributed by atoms with Gasteiger partial charge in [-0.25, -0.2) is 4.79 Å². The summed E-state index contributed by atoms with van der Waals surface area (Å²) in [5.74, 6) is 0. The summed E-state index contributed by atoms with van der Waals surface area (Å²) in [6, 6.07) is 1.65. The van der Waals surface area contributed by atoms with E-state index in [1.165, 1.54) is 32.1 Å². The number of ether oxygens (including phenoxy) is 1. The topological polar surface area (TPSA) is 41.6 Å². The van der Waals surface area contributed by atoms with Crippen LogP contribution in [-0.2, 0) is 4.74 Å². The number of hydrogen-bond donors (Lipinski definition) is 1. The quantitative estimate of drug-likeness (QED) is 0.795. The molecular formula is C13H21ClN2O2. The van der Waals surface area contributed by atoms with Crippen molar-refractivity contribution in [3.63, 3.8) is 0 Å². The fourth-order valence-corrected chi connectivity index (χ4v) is 4.05. The van der Waals surface area contributed by atoms with Crippen molar-refractivity contribution in [2.24, 2.45) is 0 Å². The molecule has 2 bridgehead atoms. The van der Waals surface area contributed by atoms with Crippen LogP contribution in [0.3, 0.4) is 0 Å². The van der Waals surface area contributed by atoms with Crippen LogP contribution in [0, 0.1) is 0 Å². The third-order valence-corrected chi connectivity index (χ3v) is 5.08. The fraction of sp³-hybridized carbons (Fsp3) is 0.923. The Bertz CT molecular complexity index is 347. The molecule has 0 radical (unpaired) electrons. The minimum Gasteiger partial charge on any atom is -0.441 e. The minimum atomic E-state index is -0.149. The summed E-state index contributed by atoms with van der Waals surface area (Å²) in [6.45, 7) is 0.852. The van der Waals surface area contributed by atoms with Crippen molar-refractivity contribution in [1.29, 1.82) is 0 Å². The van der Waals surface area contributed by atoms with E-state index in [9.17, 15) is 4.79 Å². The molecule has 102 valence electrons. The largest absolute Gasteiger partial charge is 0.441 e. The molecule has 3 saturated heterocycles. The van der Waals surface area contributed by atoms with Gasteiger partial charge in [-0.3, -0.25) is 0 Å². The van der Waals surface area contributed by atoms with Crippen LogP contribution in [0.5, 0.6) is 0 Å². The number of carbonyl (C=O) groups excluding carboxylic acids is 1. The van der Waals surface area contributed by atoms with Crippen LogP contribution in [0.4, 0.5) is 4.79 Å². The van der Waals surface area contributed by atoms with Crippen molar-refractivity contribution in [2.75, 3.05) is 6.54 Å². The first kappa shape index (κ1) is 12.5. The Balaban J connectivity index is 0.000001000. The molecule has 5 heteroatoms. The van der Waals surface area contributed by atoms with Gasteiger partial charge in [-0.05, 0) is 32.1 Å². The summed E-state index contributed by atoms with van der Waals surface area (Å²) >= 11 is 0. The monoisotopic (exact) mass is 272 g/mol. The Morgan fingerprint density at radius 2 is 1.83 bits per heavy atom. The molecule has 2 unspecified atom stereocenters. The lowest BCUT2D eigenvalue weighted by atomic mass is 9.85. The zero-order valence-corrected chi connectivity index (χ0v) is 11.4. The van der Waals surface area contributed by atoms with Gasteiger partial charge in [0.1, 0.15) is 5.60 Å². The molecule has 3 heterocycles. The highest BCUT2D eigenvalue weighted by Gasteiger charge is 2.53. The van der Waals surface area contributed by atoms with Gasteiger partial charge in [0, 0.05) is 31.0 Å². The van der Waals surface area contributed by atoms with E-state index in [-0.39, 0.29) is 24.1 Å². The second-order valence-electron chi connectivity index (χ2n) is 6.31. The predicted octanol–water partition coefficient (Wildman–Crippen LogP) is 2.07. The fourth-order valence-electron chi connectivity index (χ4n) is 4.05. The molecule has 4 nitrogen and oxygen atoms in total. The molecule has 4 rings (SSSR count). The standard InChI is InChI=1S/C13H20N2O2.ClH/c16-12-15(11-2-1-3-11)8-13(17-12)6-9-4-5-10(7-13)14-9;/h9-11,14H,1-8H2;1H. The average molecular weight is 273 g/mol. The van der Waals surface area contributed by atoms with E-state index >= 15 is 0 Å². The van der Waals surface area contributed by atoms with Crippen molar-refractivity contribution < 1.29 is 9.53 Å². The molecule has 0 aromatic rings. The van der Waals surface area contributed by atoms with E-state index in [2.05, 4.69) is 5.32 Å². The van der Waals surface area contributed by atoms with Crippen molar-refractivity contribution in [1.82, 2.24) is 10.2 Å². The summed E-state index contributed by atoms with van der Waals surface area (Å²) in [6.07, 6.45) is 8.15. The number of hydrogen-bond acceptors (Lipinski definition) is 3. The van der Waals surface area contributed by atoms with Gasteiger partial charge in [0.05, 0.1) is 6.54 Å². The van der Waals surface area contributed by atoms with Crippen LogP contribution in [0.1, 0.15) is 44.9 Å². The molecule has 1 saturated carbocycles. The third-order valence-electron chi connectivity index (χ3n) is 5.08. The summed E-state index contributed by atoms with van der Waals surface area (Å²) in [5, 5.41) is 3.62. The van der Waals surface area contributed by atoms with Gasteiger partial charge < -0.3 is 15.0 Å². The molecule has 2 atom stereocenters. The molecule has 1 spiro atoms. The van der Waals surface area contributed by atoms with E-state index in [0.29, 0.717) is 18.1 Å². The van der Waals surface area contributed by atoms with E-state index in [0.717, 1.165) is 19.4 Å². The number of fused-ring (bicyclic) bond motifs is 2. The number of halogens is 1. The normalized spacial score (nSPS) is 42.7. The summed E-state index contributed by atoms with van der Waals surface area (Å²) < 4.78 is 5.79. The van der Waals surface area contributed by atoms with Gasteiger partial charge >= 0.3 is 6.09 Å². The van der Waals surface area contributed by atoms with Gasteiger partial charge in [0.25, 0.3) is 0 Å². The lowest BCUT2D eigenvalue weighted by molar-refractivity contribution is 0.0159. The maximum atomic E-state index is 12.0. The molecule has 1 amide bonds. The maximum absolute atomic E-state index is 12.0. The number of rotatable bonds is 1. The number of nitrogens with one attached hydrogen (secondary N) is 1. The number of carbonyl (C=O) groups is 1. The SMILES string of the molecule is Cl.O=C1OC2(CC3CCC(C2)N3)CN1C1CCC1. The van der Waals surface area contributed by atoms with Crippen LogP contribution in [0.2, 0.25) is 0 Å². The Kier molecular flexibility index (Phi) is 2.98. The number of amides is 1. The van der Waals surface area contributed by atoms with Gasteiger partial charge in [-0.1, -0.05) is 0 Å². The molecule has 3 aliphatic heterocycles. The van der Waals surface area contributed by atoms with Crippen LogP contribution >= 0.6 is 12.4 Å². The molecular weight excluding hydrogens is 252 g/mol. The smallest absolute Gasteiger partial charge is 0.410 e. The van der Waals surface area contributed by atoms with E-state index in [4.69, 9.17) is 4.74 Å². The molecule has 1 aliphatic carbocycles. The molecule has 4 aliphatic rings. The highest BCUT2D eigenvalue weighted by Crippen LogP contribution is 2.42. The van der Waals surface area contributed by atoms with Crippen LogP contribution in [0.15, 0.2) is 0 Å². The van der Waals surface area contributed by atoms with Crippen LogP contribution < -0.4 is 5.32 Å². The van der Waals surface area contributed by atoms with Crippen molar-refractivity contribution in [2.45, 2.75) is 68.7 Å². The minimum absolute atomic E-state index is 0. The molecule has 0 aromatic heterocycles. The van der Waals surface area contributed by atoms with Crippen molar-refractivity contribution in [3.8, 4) is 0 Å². The molecule has 4 fully saturated rings. The molecule has 18 heavy (non-hydrogen) atoms. The van der Waals surface area contributed by atoms with Crippen molar-refractivity contribution >= 4 is 18.5 Å². The second-order valence-corrected chi connectivity index (χ2v) is 6.31. The average Bonchev–Trinajstić information content (AvgIpc) is 2.67. The lowest BCUT2D eigenvalue weighted by Crippen LogP contribution is -2.51. The maximum Gasteiger partial charge on any atom is 0.410 e.